The van der Waals surface area contributed by atoms with Crippen LogP contribution in [0.3, 0.4) is 0 Å². The topological polar surface area (TPSA) is 69.8 Å². The molecular weight excluding hydrogens is 325 g/mol. The third-order valence-electron chi connectivity index (χ3n) is 3.42. The second kappa shape index (κ2) is 6.57. The van der Waals surface area contributed by atoms with Crippen molar-refractivity contribution in [3.8, 4) is 24.3 Å². The third kappa shape index (κ3) is 2.88. The third-order valence-corrected chi connectivity index (χ3v) is 4.46. The number of benzene rings is 1. The highest BCUT2D eigenvalue weighted by Crippen LogP contribution is 2.34. The molecule has 2 heterocycles. The van der Waals surface area contributed by atoms with Gasteiger partial charge in [-0.05, 0) is 35.7 Å². The summed E-state index contributed by atoms with van der Waals surface area (Å²) in [6.07, 6.45) is 7.04. The van der Waals surface area contributed by atoms with Crippen LogP contribution in [0.25, 0.3) is 10.8 Å². The number of aromatic nitrogens is 2. The number of terminal acetylenes is 1. The first-order valence-corrected chi connectivity index (χ1v) is 7.88. The molecule has 0 spiro atoms. The number of hydrogen-bond acceptors (Lipinski definition) is 5. The van der Waals surface area contributed by atoms with E-state index in [1.54, 1.807) is 12.3 Å². The van der Waals surface area contributed by atoms with E-state index in [-0.39, 0.29) is 11.4 Å². The highest BCUT2D eigenvalue weighted by atomic mass is 32.2. The summed E-state index contributed by atoms with van der Waals surface area (Å²) in [7, 11) is 0. The van der Waals surface area contributed by atoms with E-state index in [9.17, 15) is 14.8 Å². The van der Waals surface area contributed by atoms with Gasteiger partial charge in [0.15, 0.2) is 0 Å². The van der Waals surface area contributed by atoms with Crippen LogP contribution in [0, 0.1) is 29.5 Å². The zero-order chi connectivity index (χ0) is 17.1. The lowest BCUT2D eigenvalue weighted by Crippen LogP contribution is -1.94. The first-order valence-electron chi connectivity index (χ1n) is 6.89. The van der Waals surface area contributed by atoms with E-state index in [0.717, 1.165) is 5.56 Å². The maximum Gasteiger partial charge on any atom is 0.230 e. The van der Waals surface area contributed by atoms with Crippen LogP contribution in [0.2, 0.25) is 0 Å². The van der Waals surface area contributed by atoms with Crippen LogP contribution in [0.5, 0.6) is 5.88 Å². The zero-order valence-electron chi connectivity index (χ0n) is 12.3. The Labute approximate surface area is 142 Å². The number of halogens is 1. The molecule has 0 radical (unpaired) electrons. The Morgan fingerprint density at radius 2 is 2.12 bits per heavy atom. The highest BCUT2D eigenvalue weighted by Gasteiger charge is 2.15. The van der Waals surface area contributed by atoms with Gasteiger partial charge in [-0.3, -0.25) is 0 Å². The predicted octanol–water partition coefficient (Wildman–Crippen LogP) is 3.62. The molecule has 0 aliphatic rings. The van der Waals surface area contributed by atoms with Crippen molar-refractivity contribution in [1.82, 2.24) is 9.97 Å². The molecule has 1 aromatic carbocycles. The van der Waals surface area contributed by atoms with E-state index in [4.69, 9.17) is 6.42 Å². The zero-order valence-corrected chi connectivity index (χ0v) is 13.1. The Balaban J connectivity index is 2.06. The van der Waals surface area contributed by atoms with Gasteiger partial charge in [-0.15, -0.1) is 18.2 Å². The smallest absolute Gasteiger partial charge is 0.230 e. The van der Waals surface area contributed by atoms with Crippen LogP contribution < -0.4 is 0 Å². The summed E-state index contributed by atoms with van der Waals surface area (Å²) in [5.74, 6) is 2.15. The Morgan fingerprint density at radius 3 is 2.88 bits per heavy atom. The molecule has 3 aromatic rings. The molecule has 3 rings (SSSR count). The summed E-state index contributed by atoms with van der Waals surface area (Å²) < 4.78 is 13.6. The Kier molecular flexibility index (Phi) is 4.33. The van der Waals surface area contributed by atoms with Crippen LogP contribution in [-0.2, 0) is 5.75 Å². The minimum absolute atomic E-state index is 0.0278. The number of fused-ring (bicyclic) bond motifs is 1. The second-order valence-electron chi connectivity index (χ2n) is 4.86. The summed E-state index contributed by atoms with van der Waals surface area (Å²) in [6.45, 7) is 0. The van der Waals surface area contributed by atoms with Crippen LogP contribution in [0.1, 0.15) is 16.8 Å². The molecule has 0 saturated carbocycles. The van der Waals surface area contributed by atoms with E-state index < -0.39 is 5.82 Å². The molecule has 1 N–H and O–H groups in total. The maximum atomic E-state index is 13.6. The number of nitrogens with zero attached hydrogens (tertiary/aromatic N) is 3. The van der Waals surface area contributed by atoms with Gasteiger partial charge in [-0.1, -0.05) is 6.07 Å². The minimum Gasteiger partial charge on any atom is -0.492 e. The fraction of sp³-hybridized carbons (Fsp3) is 0.0556. The molecular formula is C18H10FN3OS. The normalized spacial score (nSPS) is 10.3. The fourth-order valence-electron chi connectivity index (χ4n) is 2.30. The summed E-state index contributed by atoms with van der Waals surface area (Å²) in [5, 5.41) is 20.5. The van der Waals surface area contributed by atoms with E-state index in [1.165, 1.54) is 30.0 Å². The van der Waals surface area contributed by atoms with Gasteiger partial charge in [0.25, 0.3) is 0 Å². The number of rotatable bonds is 3. The van der Waals surface area contributed by atoms with Crippen LogP contribution in [-0.4, -0.2) is 15.1 Å². The van der Waals surface area contributed by atoms with Crippen molar-refractivity contribution in [2.45, 2.75) is 10.8 Å². The Hall–Kier alpha value is -3.09. The van der Waals surface area contributed by atoms with E-state index in [0.29, 0.717) is 27.2 Å². The van der Waals surface area contributed by atoms with E-state index >= 15 is 0 Å². The predicted molar refractivity (Wildman–Crippen MR) is 89.8 cm³/mol. The molecule has 0 aliphatic heterocycles. The number of thioether (sulfide) groups is 1. The first-order chi connectivity index (χ1) is 11.6. The van der Waals surface area contributed by atoms with Crippen molar-refractivity contribution in [3.63, 3.8) is 0 Å². The molecule has 0 bridgehead atoms. The van der Waals surface area contributed by atoms with Crippen molar-refractivity contribution in [2.24, 2.45) is 0 Å². The molecule has 2 aromatic heterocycles. The Bertz CT molecular complexity index is 1020. The van der Waals surface area contributed by atoms with Gasteiger partial charge < -0.3 is 5.11 Å². The largest absolute Gasteiger partial charge is 0.492 e. The monoisotopic (exact) mass is 335 g/mol. The number of aromatic hydroxyl groups is 1. The molecule has 6 heteroatoms. The van der Waals surface area contributed by atoms with Crippen molar-refractivity contribution in [2.75, 3.05) is 0 Å². The molecule has 0 fully saturated rings. The lowest BCUT2D eigenvalue weighted by molar-refractivity contribution is 0.448. The average molecular weight is 335 g/mol. The fourth-order valence-corrected chi connectivity index (χ4v) is 3.30. The lowest BCUT2D eigenvalue weighted by atomic mass is 10.1. The van der Waals surface area contributed by atoms with Gasteiger partial charge in [0.1, 0.15) is 28.2 Å². The van der Waals surface area contributed by atoms with Gasteiger partial charge in [0.05, 0.1) is 0 Å². The molecule has 116 valence electrons. The number of pyridine rings is 2. The average Bonchev–Trinajstić information content (AvgIpc) is 2.60. The molecule has 4 nitrogen and oxygen atoms in total. The van der Waals surface area contributed by atoms with E-state index in [1.807, 2.05) is 12.1 Å². The quantitative estimate of drug-likeness (QED) is 0.585. The molecule has 0 amide bonds. The van der Waals surface area contributed by atoms with Crippen molar-refractivity contribution < 1.29 is 9.50 Å². The molecule has 0 saturated heterocycles. The van der Waals surface area contributed by atoms with Gasteiger partial charge >= 0.3 is 0 Å². The van der Waals surface area contributed by atoms with Crippen molar-refractivity contribution >= 4 is 22.5 Å². The molecule has 24 heavy (non-hydrogen) atoms. The number of hydrogen-bond donors (Lipinski definition) is 1. The Morgan fingerprint density at radius 1 is 1.29 bits per heavy atom. The van der Waals surface area contributed by atoms with Gasteiger partial charge in [0.2, 0.25) is 5.88 Å². The molecule has 0 unspecified atom stereocenters. The van der Waals surface area contributed by atoms with Gasteiger partial charge in [-0.2, -0.15) is 5.26 Å². The SMILES string of the molecule is C#Cc1ncccc1CSc1nc(O)c(C#N)c2ccc(F)cc12. The minimum atomic E-state index is -0.438. The summed E-state index contributed by atoms with van der Waals surface area (Å²) in [5.41, 5.74) is 1.39. The van der Waals surface area contributed by atoms with Crippen molar-refractivity contribution in [3.05, 3.63) is 59.2 Å². The lowest BCUT2D eigenvalue weighted by Gasteiger charge is -2.09. The van der Waals surface area contributed by atoms with Crippen LogP contribution in [0.15, 0.2) is 41.6 Å². The van der Waals surface area contributed by atoms with E-state index in [2.05, 4.69) is 15.9 Å². The molecule has 0 aliphatic carbocycles. The second-order valence-corrected chi connectivity index (χ2v) is 5.83. The summed E-state index contributed by atoms with van der Waals surface area (Å²) >= 11 is 1.29. The maximum absolute atomic E-state index is 13.6. The van der Waals surface area contributed by atoms with Gasteiger partial charge in [-0.25, -0.2) is 14.4 Å². The summed E-state index contributed by atoms with van der Waals surface area (Å²) in [4.78, 5) is 8.15. The number of nitriles is 1. The highest BCUT2D eigenvalue weighted by molar-refractivity contribution is 7.98. The van der Waals surface area contributed by atoms with Gasteiger partial charge in [0, 0.05) is 22.7 Å². The molecule has 0 atom stereocenters. The first kappa shape index (κ1) is 15.8. The van der Waals surface area contributed by atoms with Crippen LogP contribution >= 0.6 is 11.8 Å². The summed E-state index contributed by atoms with van der Waals surface area (Å²) in [6, 6.07) is 9.53. The van der Waals surface area contributed by atoms with Crippen molar-refractivity contribution in [1.29, 1.82) is 5.26 Å². The van der Waals surface area contributed by atoms with Crippen LogP contribution in [0.4, 0.5) is 4.39 Å². The standard InChI is InChI=1S/C18H10FN3OS/c1-2-16-11(4-3-7-21-16)10-24-18-14-8-12(19)5-6-13(14)15(9-20)17(23)22-18/h1,3-8H,10H2,(H,22,23).